The summed E-state index contributed by atoms with van der Waals surface area (Å²) in [6.45, 7) is 2.07. The molecule has 2 aliphatic heterocycles. The number of carbonyl (C=O) groups is 3. The minimum Gasteiger partial charge on any atom is -0.370 e. The van der Waals surface area contributed by atoms with E-state index in [1.54, 1.807) is 29.2 Å². The van der Waals surface area contributed by atoms with Crippen LogP contribution in [0, 0.1) is 11.8 Å². The number of likely N-dealkylation sites (tertiary alicyclic amines) is 1. The van der Waals surface area contributed by atoms with Gasteiger partial charge in [0.05, 0.1) is 23.2 Å². The summed E-state index contributed by atoms with van der Waals surface area (Å²) in [5.74, 6) is -1.19. The van der Waals surface area contributed by atoms with Crippen molar-refractivity contribution in [3.05, 3.63) is 36.2 Å². The quantitative estimate of drug-likeness (QED) is 0.553. The molecule has 1 aromatic heterocycles. The van der Waals surface area contributed by atoms with Gasteiger partial charge in [-0.15, -0.1) is 16.7 Å². The van der Waals surface area contributed by atoms with E-state index in [-0.39, 0.29) is 54.7 Å². The highest BCUT2D eigenvalue weighted by Crippen LogP contribution is 2.37. The number of Topliss-reactive ketones (excluding diaryl/α,β-unsaturated/α-hetero) is 1. The number of hydrogen-bond donors (Lipinski definition) is 2. The van der Waals surface area contributed by atoms with Gasteiger partial charge in [0.25, 0.3) is 5.91 Å². The summed E-state index contributed by atoms with van der Waals surface area (Å²) in [7, 11) is 0. The Kier molecular flexibility index (Phi) is 7.05. The predicted molar refractivity (Wildman–Crippen MR) is 129 cm³/mol. The number of hydrogen-bond acceptors (Lipinski definition) is 8. The number of nitrogens with two attached hydrogens (primary N) is 1. The Balaban J connectivity index is 1.41. The number of rotatable bonds is 5. The normalized spacial score (nSPS) is 31.1. The lowest BCUT2D eigenvalue weighted by Gasteiger charge is -2.38. The van der Waals surface area contributed by atoms with Crippen molar-refractivity contribution in [3.8, 4) is 5.69 Å². The molecule has 1 aliphatic carbocycles. The zero-order chi connectivity index (χ0) is 25.4. The molecule has 2 aromatic rings. The molecule has 0 bridgehead atoms. The molecule has 2 saturated heterocycles. The van der Waals surface area contributed by atoms with Crippen LogP contribution in [-0.2, 0) is 14.3 Å². The number of ether oxygens (including phenoxy) is 1. The largest absolute Gasteiger partial charge is 0.370 e. The Labute approximate surface area is 213 Å². The third-order valence-corrected chi connectivity index (χ3v) is 8.12. The maximum absolute atomic E-state index is 14.0. The van der Waals surface area contributed by atoms with Gasteiger partial charge < -0.3 is 20.7 Å². The fourth-order valence-corrected chi connectivity index (χ4v) is 6.23. The Morgan fingerprint density at radius 2 is 2.03 bits per heavy atom. The van der Waals surface area contributed by atoms with E-state index in [0.29, 0.717) is 24.1 Å². The number of benzene rings is 1. The van der Waals surface area contributed by atoms with Gasteiger partial charge in [0.15, 0.2) is 5.78 Å². The van der Waals surface area contributed by atoms with Gasteiger partial charge in [0.2, 0.25) is 5.91 Å². The van der Waals surface area contributed by atoms with E-state index >= 15 is 0 Å². The maximum Gasteiger partial charge on any atom is 0.252 e. The van der Waals surface area contributed by atoms with Crippen LogP contribution in [0.4, 0.5) is 0 Å². The summed E-state index contributed by atoms with van der Waals surface area (Å²) in [6, 6.07) is 5.49. The molecule has 3 heterocycles. The average Bonchev–Trinajstić information content (AvgIpc) is 3.54. The van der Waals surface area contributed by atoms with Gasteiger partial charge in [0, 0.05) is 24.1 Å². The van der Waals surface area contributed by atoms with Crippen molar-refractivity contribution >= 4 is 29.2 Å². The molecule has 1 saturated carbocycles. The third-order valence-electron chi connectivity index (χ3n) is 7.70. The molecular formula is C24H30ClN7O4. The van der Waals surface area contributed by atoms with Crippen LogP contribution in [0.2, 0.25) is 0 Å². The van der Waals surface area contributed by atoms with Crippen LogP contribution >= 0.6 is 11.6 Å². The number of amides is 2. The first-order valence-electron chi connectivity index (χ1n) is 12.3. The van der Waals surface area contributed by atoms with Gasteiger partial charge in [-0.2, -0.15) is 0 Å². The van der Waals surface area contributed by atoms with Crippen LogP contribution in [0.25, 0.3) is 5.69 Å². The first-order valence-corrected chi connectivity index (χ1v) is 12.8. The standard InChI is InChI=1S/C24H30ClN7O4/c1-13-20-18(25)10-31(22(20)19(33)11-36-13)24(35)21(14-5-7-16(26)8-6-14)28-23(34)15-3-2-4-17(9-15)32-12-27-29-30-32/h2-4,9,12-14,16,18,20-22H,5-8,10-11,26H2,1H3,(H,28,34)/t13?,14?,16?,18-,20+,21-,22+/m0/s1. The highest BCUT2D eigenvalue weighted by atomic mass is 35.5. The van der Waals surface area contributed by atoms with Gasteiger partial charge in [-0.25, -0.2) is 4.68 Å². The summed E-state index contributed by atoms with van der Waals surface area (Å²) in [5, 5.41) is 13.7. The van der Waals surface area contributed by atoms with Gasteiger partial charge in [-0.1, -0.05) is 6.07 Å². The SMILES string of the molecule is CC1OCC(=O)[C@@H]2[C@H]1[C@@H](Cl)CN2C(=O)[C@@H](NC(=O)c1cccc(-n2cnnn2)c1)C1CCC(N)CC1. The number of nitrogens with one attached hydrogen (secondary N) is 1. The van der Waals surface area contributed by atoms with Gasteiger partial charge in [-0.3, -0.25) is 14.4 Å². The molecule has 0 radical (unpaired) electrons. The molecule has 3 fully saturated rings. The predicted octanol–water partition coefficient (Wildman–Crippen LogP) is 0.700. The second kappa shape index (κ2) is 10.2. The molecule has 3 aliphatic rings. The lowest BCUT2D eigenvalue weighted by Crippen LogP contribution is -2.58. The Hall–Kier alpha value is -2.89. The molecule has 3 N–H and O–H groups in total. The van der Waals surface area contributed by atoms with Crippen molar-refractivity contribution < 1.29 is 19.1 Å². The number of fused-ring (bicyclic) bond motifs is 1. The fraction of sp³-hybridized carbons (Fsp3) is 0.583. The zero-order valence-corrected chi connectivity index (χ0v) is 20.8. The number of alkyl halides is 1. The lowest BCUT2D eigenvalue weighted by atomic mass is 9.81. The minimum atomic E-state index is -0.796. The first-order chi connectivity index (χ1) is 17.3. The van der Waals surface area contributed by atoms with Crippen LogP contribution < -0.4 is 11.1 Å². The van der Waals surface area contributed by atoms with Gasteiger partial charge in [-0.05, 0) is 67.2 Å². The third kappa shape index (κ3) is 4.74. The van der Waals surface area contributed by atoms with E-state index in [4.69, 9.17) is 22.1 Å². The molecule has 0 spiro atoms. The fourth-order valence-electron chi connectivity index (χ4n) is 5.74. The molecule has 36 heavy (non-hydrogen) atoms. The number of halogens is 1. The molecule has 5 rings (SSSR count). The zero-order valence-electron chi connectivity index (χ0n) is 20.0. The summed E-state index contributed by atoms with van der Waals surface area (Å²) < 4.78 is 7.03. The van der Waals surface area contributed by atoms with Crippen LogP contribution in [0.3, 0.4) is 0 Å². The molecule has 5 atom stereocenters. The molecular weight excluding hydrogens is 486 g/mol. The van der Waals surface area contributed by atoms with Crippen molar-refractivity contribution in [2.45, 2.75) is 62.2 Å². The van der Waals surface area contributed by atoms with E-state index in [2.05, 4.69) is 20.8 Å². The number of ketones is 1. The highest BCUT2D eigenvalue weighted by Gasteiger charge is 2.53. The van der Waals surface area contributed by atoms with Crippen molar-refractivity contribution in [2.24, 2.45) is 17.6 Å². The minimum absolute atomic E-state index is 0.0467. The summed E-state index contributed by atoms with van der Waals surface area (Å²) in [6.07, 6.45) is 4.17. The lowest BCUT2D eigenvalue weighted by molar-refractivity contribution is -0.150. The Morgan fingerprint density at radius 3 is 2.75 bits per heavy atom. The maximum atomic E-state index is 14.0. The van der Waals surface area contributed by atoms with Crippen molar-refractivity contribution in [2.75, 3.05) is 13.2 Å². The van der Waals surface area contributed by atoms with Crippen LogP contribution in [-0.4, -0.2) is 85.5 Å². The molecule has 2 amide bonds. The second-order valence-electron chi connectivity index (χ2n) is 9.94. The van der Waals surface area contributed by atoms with E-state index < -0.39 is 17.5 Å². The summed E-state index contributed by atoms with van der Waals surface area (Å²) in [4.78, 5) is 41.8. The Bertz CT molecular complexity index is 1120. The van der Waals surface area contributed by atoms with Crippen molar-refractivity contribution in [1.82, 2.24) is 30.4 Å². The van der Waals surface area contributed by atoms with E-state index in [0.717, 1.165) is 12.8 Å². The van der Waals surface area contributed by atoms with Crippen LogP contribution in [0.15, 0.2) is 30.6 Å². The first kappa shape index (κ1) is 24.8. The number of carbonyl (C=O) groups excluding carboxylic acids is 3. The molecule has 1 aromatic carbocycles. The average molecular weight is 516 g/mol. The second-order valence-corrected chi connectivity index (χ2v) is 10.5. The molecule has 12 heteroatoms. The van der Waals surface area contributed by atoms with Crippen LogP contribution in [0.5, 0.6) is 0 Å². The smallest absolute Gasteiger partial charge is 0.252 e. The topological polar surface area (TPSA) is 145 Å². The van der Waals surface area contributed by atoms with E-state index in [9.17, 15) is 14.4 Å². The highest BCUT2D eigenvalue weighted by molar-refractivity contribution is 6.22. The summed E-state index contributed by atoms with van der Waals surface area (Å²) in [5.41, 5.74) is 7.11. The van der Waals surface area contributed by atoms with E-state index in [1.807, 2.05) is 6.92 Å². The number of aromatic nitrogens is 4. The Morgan fingerprint density at radius 1 is 1.25 bits per heavy atom. The van der Waals surface area contributed by atoms with Crippen molar-refractivity contribution in [3.63, 3.8) is 0 Å². The number of tetrazole rings is 1. The van der Waals surface area contributed by atoms with Crippen molar-refractivity contribution in [1.29, 1.82) is 0 Å². The van der Waals surface area contributed by atoms with Gasteiger partial charge >= 0.3 is 0 Å². The van der Waals surface area contributed by atoms with Gasteiger partial charge in [0.1, 0.15) is 19.0 Å². The molecule has 192 valence electrons. The molecule has 1 unspecified atom stereocenters. The van der Waals surface area contributed by atoms with Crippen LogP contribution in [0.1, 0.15) is 43.0 Å². The van der Waals surface area contributed by atoms with E-state index in [1.165, 1.54) is 11.0 Å². The molecule has 11 nitrogen and oxygen atoms in total. The number of nitrogens with zero attached hydrogens (tertiary/aromatic N) is 5. The summed E-state index contributed by atoms with van der Waals surface area (Å²) >= 11 is 6.61. The monoisotopic (exact) mass is 515 g/mol.